The van der Waals surface area contributed by atoms with E-state index in [0.29, 0.717) is 0 Å². The Labute approximate surface area is 368 Å². The topological polar surface area (TPSA) is 16.4 Å². The summed E-state index contributed by atoms with van der Waals surface area (Å²) in [4.78, 5) is 2.40. The summed E-state index contributed by atoms with van der Waals surface area (Å²) in [6, 6.07) is 81.4. The first kappa shape index (κ1) is 36.9. The largest absolute Gasteiger partial charge is 0.455 e. The summed E-state index contributed by atoms with van der Waals surface area (Å²) in [5, 5.41) is 4.51. The van der Waals surface area contributed by atoms with Crippen LogP contribution in [-0.4, -0.2) is 0 Å². The molecule has 0 spiro atoms. The molecule has 2 nitrogen and oxygen atoms in total. The molecule has 10 aromatic carbocycles. The summed E-state index contributed by atoms with van der Waals surface area (Å²) in [6.07, 6.45) is 0. The van der Waals surface area contributed by atoms with Crippen LogP contribution in [0.5, 0.6) is 0 Å². The second kappa shape index (κ2) is 14.6. The molecule has 63 heavy (non-hydrogen) atoms. The fourth-order valence-corrected chi connectivity index (χ4v) is 10.1. The minimum atomic E-state index is -0.117. The van der Waals surface area contributed by atoms with Crippen LogP contribution in [0.25, 0.3) is 88.3 Å². The lowest BCUT2D eigenvalue weighted by atomic mass is 9.82. The van der Waals surface area contributed by atoms with Gasteiger partial charge >= 0.3 is 0 Å². The van der Waals surface area contributed by atoms with E-state index in [4.69, 9.17) is 4.42 Å². The molecule has 12 rings (SSSR count). The van der Waals surface area contributed by atoms with Crippen LogP contribution in [0.2, 0.25) is 0 Å². The van der Waals surface area contributed by atoms with Crippen molar-refractivity contribution >= 4 is 49.8 Å². The van der Waals surface area contributed by atoms with E-state index >= 15 is 0 Å². The van der Waals surface area contributed by atoms with Crippen molar-refractivity contribution < 1.29 is 4.42 Å². The van der Waals surface area contributed by atoms with E-state index in [0.717, 1.165) is 72.0 Å². The summed E-state index contributed by atoms with van der Waals surface area (Å²) >= 11 is 0. The van der Waals surface area contributed by atoms with Crippen molar-refractivity contribution in [2.24, 2.45) is 0 Å². The molecule has 0 aliphatic heterocycles. The normalized spacial score (nSPS) is 12.7. The Kier molecular flexibility index (Phi) is 8.55. The zero-order chi connectivity index (χ0) is 42.1. The minimum absolute atomic E-state index is 0.117. The second-order valence-electron chi connectivity index (χ2n) is 17.2. The van der Waals surface area contributed by atoms with E-state index in [1.54, 1.807) is 0 Å². The van der Waals surface area contributed by atoms with Crippen molar-refractivity contribution in [3.8, 4) is 55.6 Å². The Bertz CT molecular complexity index is 3490. The van der Waals surface area contributed by atoms with Crippen molar-refractivity contribution in [3.63, 3.8) is 0 Å². The van der Waals surface area contributed by atoms with Gasteiger partial charge in [0.15, 0.2) is 0 Å². The molecule has 1 aliphatic rings. The minimum Gasteiger partial charge on any atom is -0.455 e. The Morgan fingerprint density at radius 1 is 0.317 bits per heavy atom. The number of fused-ring (bicyclic) bond motifs is 8. The molecule has 0 unspecified atom stereocenters. The molecule has 0 fully saturated rings. The molecule has 0 atom stereocenters. The molecule has 1 aromatic heterocycles. The summed E-state index contributed by atoms with van der Waals surface area (Å²) < 4.78 is 7.05. The average Bonchev–Trinajstić information content (AvgIpc) is 3.85. The summed E-state index contributed by atoms with van der Waals surface area (Å²) in [7, 11) is 0. The molecule has 0 radical (unpaired) electrons. The number of hydrogen-bond donors (Lipinski definition) is 0. The highest BCUT2D eigenvalue weighted by atomic mass is 16.3. The fraction of sp³-hybridized carbons (Fsp3) is 0.0492. The Morgan fingerprint density at radius 3 is 1.48 bits per heavy atom. The van der Waals surface area contributed by atoms with Crippen LogP contribution in [0.4, 0.5) is 17.1 Å². The standard InChI is InChI=1S/C61H43NO/c1-61(2)56-25-15-14-23-51(56)52-35-34-47(38-57(52)61)62(45-30-26-41(27-31-45)40-16-6-3-7-17-40)46-32-28-44(29-33-46)54-39-55-58-48(42-18-8-4-9-19-42)36-37-49(43-20-10-5-11-21-43)60(58)63-59(55)53-24-13-12-22-50(53)54/h3-39H,1-2H3. The molecule has 0 bridgehead atoms. The molecule has 0 amide bonds. The SMILES string of the molecule is CC1(C)c2ccccc2-c2ccc(N(c3ccc(-c4ccccc4)cc3)c3ccc(-c4cc5c(oc6c(-c7ccccc7)ccc(-c7ccccc7)c65)c5ccccc45)cc3)cc21. The van der Waals surface area contributed by atoms with Gasteiger partial charge in [0.2, 0.25) is 0 Å². The lowest BCUT2D eigenvalue weighted by Crippen LogP contribution is -2.16. The molecule has 2 heteroatoms. The lowest BCUT2D eigenvalue weighted by molar-refractivity contribution is 0.660. The number of nitrogens with zero attached hydrogens (tertiary/aromatic N) is 1. The van der Waals surface area contributed by atoms with Gasteiger partial charge in [0.05, 0.1) is 0 Å². The van der Waals surface area contributed by atoms with Crippen molar-refractivity contribution in [3.05, 3.63) is 236 Å². The van der Waals surface area contributed by atoms with Crippen LogP contribution < -0.4 is 4.90 Å². The Balaban J connectivity index is 1.03. The van der Waals surface area contributed by atoms with E-state index in [9.17, 15) is 0 Å². The summed E-state index contributed by atoms with van der Waals surface area (Å²) in [6.45, 7) is 4.70. The van der Waals surface area contributed by atoms with Crippen molar-refractivity contribution in [1.29, 1.82) is 0 Å². The Hall–Kier alpha value is -7.94. The maximum Gasteiger partial charge on any atom is 0.143 e. The maximum absolute atomic E-state index is 7.05. The highest BCUT2D eigenvalue weighted by molar-refractivity contribution is 6.24. The van der Waals surface area contributed by atoms with Gasteiger partial charge in [0.25, 0.3) is 0 Å². The number of furan rings is 1. The van der Waals surface area contributed by atoms with E-state index in [-0.39, 0.29) is 5.41 Å². The van der Waals surface area contributed by atoms with Gasteiger partial charge in [-0.3, -0.25) is 0 Å². The fourth-order valence-electron chi connectivity index (χ4n) is 10.1. The first-order chi connectivity index (χ1) is 31.0. The third-order valence-electron chi connectivity index (χ3n) is 13.3. The van der Waals surface area contributed by atoms with Crippen LogP contribution in [0.1, 0.15) is 25.0 Å². The van der Waals surface area contributed by atoms with Gasteiger partial charge in [-0.2, -0.15) is 0 Å². The number of benzene rings is 10. The summed E-state index contributed by atoms with van der Waals surface area (Å²) in [5.74, 6) is 0. The van der Waals surface area contributed by atoms with Gasteiger partial charge in [-0.15, -0.1) is 0 Å². The van der Waals surface area contributed by atoms with E-state index in [1.165, 1.54) is 44.5 Å². The molecular formula is C61H43NO. The molecule has 1 aliphatic carbocycles. The predicted octanol–water partition coefficient (Wildman–Crippen LogP) is 17.2. The van der Waals surface area contributed by atoms with Gasteiger partial charge < -0.3 is 9.32 Å². The van der Waals surface area contributed by atoms with Crippen molar-refractivity contribution in [1.82, 2.24) is 0 Å². The first-order valence-corrected chi connectivity index (χ1v) is 21.8. The lowest BCUT2D eigenvalue weighted by Gasteiger charge is -2.28. The average molecular weight is 806 g/mol. The van der Waals surface area contributed by atoms with E-state index < -0.39 is 0 Å². The van der Waals surface area contributed by atoms with E-state index in [1.807, 2.05) is 0 Å². The predicted molar refractivity (Wildman–Crippen MR) is 265 cm³/mol. The van der Waals surface area contributed by atoms with Crippen LogP contribution in [0, 0.1) is 0 Å². The maximum atomic E-state index is 7.05. The summed E-state index contributed by atoms with van der Waals surface area (Å²) in [5.41, 5.74) is 19.7. The monoisotopic (exact) mass is 805 g/mol. The molecule has 0 N–H and O–H groups in total. The number of anilines is 3. The molecule has 1 heterocycles. The van der Waals surface area contributed by atoms with Crippen LogP contribution in [0.15, 0.2) is 229 Å². The smallest absolute Gasteiger partial charge is 0.143 e. The highest BCUT2D eigenvalue weighted by Gasteiger charge is 2.35. The third-order valence-corrected chi connectivity index (χ3v) is 13.3. The number of rotatable bonds is 7. The van der Waals surface area contributed by atoms with Gasteiger partial charge in [0.1, 0.15) is 11.2 Å². The Morgan fingerprint density at radius 2 is 0.794 bits per heavy atom. The molecule has 0 saturated carbocycles. The zero-order valence-corrected chi connectivity index (χ0v) is 35.2. The zero-order valence-electron chi connectivity index (χ0n) is 35.2. The molecule has 298 valence electrons. The van der Waals surface area contributed by atoms with Crippen LogP contribution >= 0.6 is 0 Å². The third kappa shape index (κ3) is 6.02. The van der Waals surface area contributed by atoms with E-state index in [2.05, 4.69) is 243 Å². The van der Waals surface area contributed by atoms with Crippen molar-refractivity contribution in [2.45, 2.75) is 19.3 Å². The van der Waals surface area contributed by atoms with Gasteiger partial charge in [-0.05, 0) is 115 Å². The van der Waals surface area contributed by atoms with Crippen molar-refractivity contribution in [2.75, 3.05) is 4.90 Å². The quantitative estimate of drug-likeness (QED) is 0.160. The number of hydrogen-bond acceptors (Lipinski definition) is 2. The molecule has 11 aromatic rings. The van der Waals surface area contributed by atoms with Gasteiger partial charge in [0, 0.05) is 44.2 Å². The highest BCUT2D eigenvalue weighted by Crippen LogP contribution is 2.51. The second-order valence-corrected chi connectivity index (χ2v) is 17.2. The molecule has 0 saturated heterocycles. The molecular weight excluding hydrogens is 763 g/mol. The van der Waals surface area contributed by atoms with Crippen LogP contribution in [0.3, 0.4) is 0 Å². The van der Waals surface area contributed by atoms with Gasteiger partial charge in [-0.25, -0.2) is 0 Å². The van der Waals surface area contributed by atoms with Gasteiger partial charge in [-0.1, -0.05) is 190 Å². The van der Waals surface area contributed by atoms with Crippen LogP contribution in [-0.2, 0) is 5.41 Å². The first-order valence-electron chi connectivity index (χ1n) is 21.8.